The molecule has 2 saturated carbocycles. The van der Waals surface area contributed by atoms with Crippen LogP contribution in [-0.2, 0) is 16.1 Å². The minimum atomic E-state index is -0.626. The van der Waals surface area contributed by atoms with Gasteiger partial charge in [-0.15, -0.1) is 0 Å². The molecule has 1 saturated heterocycles. The number of likely N-dealkylation sites (tertiary alicyclic amines) is 1. The Morgan fingerprint density at radius 3 is 2.56 bits per heavy atom. The predicted molar refractivity (Wildman–Crippen MR) is 135 cm³/mol. The number of fused-ring (bicyclic) bond motifs is 2. The predicted octanol–water partition coefficient (Wildman–Crippen LogP) is 2.97. The topological polar surface area (TPSA) is 110 Å². The Balaban J connectivity index is 1.16. The molecule has 3 N–H and O–H groups in total. The molecule has 0 radical (unpaired) electrons. The van der Waals surface area contributed by atoms with E-state index in [-0.39, 0.29) is 36.1 Å². The summed E-state index contributed by atoms with van der Waals surface area (Å²) < 4.78 is 1.54. The van der Waals surface area contributed by atoms with Crippen molar-refractivity contribution in [2.45, 2.75) is 69.1 Å². The molecule has 2 aromatic carbocycles. The Labute approximate surface area is 209 Å². The average Bonchev–Trinajstić information content (AvgIpc) is 3.39. The molecule has 1 aliphatic heterocycles. The number of nitrogens with zero attached hydrogens (tertiary/aromatic N) is 3. The van der Waals surface area contributed by atoms with E-state index in [2.05, 4.69) is 34.7 Å². The van der Waals surface area contributed by atoms with Crippen molar-refractivity contribution in [2.75, 3.05) is 0 Å². The monoisotopic (exact) mass is 485 g/mol. The van der Waals surface area contributed by atoms with Crippen molar-refractivity contribution >= 4 is 28.6 Å². The van der Waals surface area contributed by atoms with E-state index in [9.17, 15) is 14.4 Å². The van der Waals surface area contributed by atoms with Crippen molar-refractivity contribution < 1.29 is 14.4 Å². The van der Waals surface area contributed by atoms with Gasteiger partial charge in [-0.25, -0.2) is 0 Å². The van der Waals surface area contributed by atoms with Crippen LogP contribution in [0.2, 0.25) is 0 Å². The maximum Gasteiger partial charge on any atom is 0.269 e. The van der Waals surface area contributed by atoms with E-state index < -0.39 is 11.9 Å². The molecule has 0 bridgehead atoms. The lowest BCUT2D eigenvalue weighted by Crippen LogP contribution is -2.51. The number of benzene rings is 2. The average molecular weight is 486 g/mol. The highest BCUT2D eigenvalue weighted by Gasteiger charge is 2.56. The Kier molecular flexibility index (Phi) is 5.74. The number of amides is 3. The first-order valence-corrected chi connectivity index (χ1v) is 12.9. The molecule has 8 nitrogen and oxygen atoms in total. The fourth-order valence-corrected chi connectivity index (χ4v) is 6.34. The highest BCUT2D eigenvalue weighted by molar-refractivity contribution is 6.04. The zero-order chi connectivity index (χ0) is 24.8. The SMILES string of the molecule is NC(=O)c1nn(CC(=O)N2[C@H](C(=O)NC3CCCC(c4ccccc4)C3)C[C@@H]3C[C@@H]32)c2ccccc12. The van der Waals surface area contributed by atoms with Crippen molar-refractivity contribution in [3.63, 3.8) is 0 Å². The number of primary amides is 1. The Bertz CT molecular complexity index is 1320. The second-order valence-electron chi connectivity index (χ2n) is 10.5. The van der Waals surface area contributed by atoms with Crippen molar-refractivity contribution in [3.05, 3.63) is 65.9 Å². The maximum absolute atomic E-state index is 13.5. The van der Waals surface area contributed by atoms with Gasteiger partial charge in [0.2, 0.25) is 11.8 Å². The molecule has 6 rings (SSSR count). The number of para-hydroxylation sites is 1. The number of piperidine rings is 1. The van der Waals surface area contributed by atoms with Crippen LogP contribution in [-0.4, -0.2) is 50.5 Å². The quantitative estimate of drug-likeness (QED) is 0.559. The molecule has 2 aliphatic carbocycles. The van der Waals surface area contributed by atoms with Gasteiger partial charge in [0.1, 0.15) is 12.6 Å². The first kappa shape index (κ1) is 22.8. The van der Waals surface area contributed by atoms with Gasteiger partial charge < -0.3 is 16.0 Å². The van der Waals surface area contributed by atoms with Gasteiger partial charge in [0.25, 0.3) is 5.91 Å². The van der Waals surface area contributed by atoms with Crippen LogP contribution < -0.4 is 11.1 Å². The number of aromatic nitrogens is 2. The van der Waals surface area contributed by atoms with E-state index in [0.29, 0.717) is 29.2 Å². The molecule has 3 fully saturated rings. The normalized spacial score (nSPS) is 27.0. The molecule has 2 heterocycles. The molecule has 186 valence electrons. The van der Waals surface area contributed by atoms with Crippen molar-refractivity contribution in [2.24, 2.45) is 11.7 Å². The van der Waals surface area contributed by atoms with E-state index in [1.807, 2.05) is 24.3 Å². The fourth-order valence-electron chi connectivity index (χ4n) is 6.34. The van der Waals surface area contributed by atoms with Crippen molar-refractivity contribution in [1.29, 1.82) is 0 Å². The summed E-state index contributed by atoms with van der Waals surface area (Å²) in [7, 11) is 0. The Morgan fingerprint density at radius 2 is 1.75 bits per heavy atom. The molecule has 3 aliphatic rings. The Hall–Kier alpha value is -3.68. The minimum absolute atomic E-state index is 0.0275. The summed E-state index contributed by atoms with van der Waals surface area (Å²) in [6.45, 7) is -0.0275. The Morgan fingerprint density at radius 1 is 0.972 bits per heavy atom. The lowest BCUT2D eigenvalue weighted by Gasteiger charge is -2.33. The van der Waals surface area contributed by atoms with Crippen LogP contribution in [0.15, 0.2) is 54.6 Å². The summed E-state index contributed by atoms with van der Waals surface area (Å²) in [6.07, 6.45) is 5.78. The summed E-state index contributed by atoms with van der Waals surface area (Å²) >= 11 is 0. The van der Waals surface area contributed by atoms with Crippen LogP contribution in [0.25, 0.3) is 10.9 Å². The zero-order valence-corrected chi connectivity index (χ0v) is 20.2. The second-order valence-corrected chi connectivity index (χ2v) is 10.5. The number of hydrogen-bond acceptors (Lipinski definition) is 4. The molecular weight excluding hydrogens is 454 g/mol. The van der Waals surface area contributed by atoms with Crippen LogP contribution in [0.1, 0.15) is 60.5 Å². The number of carbonyl (C=O) groups excluding carboxylic acids is 3. The van der Waals surface area contributed by atoms with Crippen LogP contribution in [0, 0.1) is 5.92 Å². The highest BCUT2D eigenvalue weighted by atomic mass is 16.2. The lowest BCUT2D eigenvalue weighted by atomic mass is 9.81. The fraction of sp³-hybridized carbons (Fsp3) is 0.429. The molecule has 36 heavy (non-hydrogen) atoms. The van der Waals surface area contributed by atoms with E-state index in [4.69, 9.17) is 5.73 Å². The second kappa shape index (κ2) is 9.08. The lowest BCUT2D eigenvalue weighted by molar-refractivity contribution is -0.140. The third-order valence-corrected chi connectivity index (χ3v) is 8.16. The molecule has 1 aromatic heterocycles. The van der Waals surface area contributed by atoms with Gasteiger partial charge in [-0.3, -0.25) is 19.1 Å². The van der Waals surface area contributed by atoms with Gasteiger partial charge in [-0.2, -0.15) is 5.10 Å². The molecule has 3 aromatic rings. The van der Waals surface area contributed by atoms with Gasteiger partial charge in [0.15, 0.2) is 5.69 Å². The largest absolute Gasteiger partial charge is 0.364 e. The van der Waals surface area contributed by atoms with Gasteiger partial charge >= 0.3 is 0 Å². The number of rotatable bonds is 6. The standard InChI is InChI=1S/C28H31N5O3/c29-27(35)26-21-11-4-5-12-22(21)32(31-26)16-25(34)33-23-14-19(23)15-24(33)28(36)30-20-10-6-9-18(13-20)17-7-2-1-3-8-17/h1-5,7-8,11-12,18-20,23-24H,6,9-10,13-16H2,(H2,29,35)(H,30,36)/t18?,19-,20?,23-,24-/m0/s1. The summed E-state index contributed by atoms with van der Waals surface area (Å²) in [5.41, 5.74) is 7.68. The molecule has 0 spiro atoms. The number of nitrogens with one attached hydrogen (secondary N) is 1. The molecule has 3 amide bonds. The van der Waals surface area contributed by atoms with Crippen molar-refractivity contribution in [1.82, 2.24) is 20.0 Å². The van der Waals surface area contributed by atoms with Gasteiger partial charge in [0, 0.05) is 17.5 Å². The van der Waals surface area contributed by atoms with Crippen LogP contribution >= 0.6 is 0 Å². The van der Waals surface area contributed by atoms with E-state index in [0.717, 1.165) is 32.1 Å². The maximum atomic E-state index is 13.5. The zero-order valence-electron chi connectivity index (χ0n) is 20.2. The number of carbonyl (C=O) groups is 3. The van der Waals surface area contributed by atoms with Crippen LogP contribution in [0.4, 0.5) is 0 Å². The molecule has 2 unspecified atom stereocenters. The first-order valence-electron chi connectivity index (χ1n) is 12.9. The summed E-state index contributed by atoms with van der Waals surface area (Å²) in [4.78, 5) is 40.5. The molecule has 8 heteroatoms. The summed E-state index contributed by atoms with van der Waals surface area (Å²) in [6, 6.07) is 17.6. The summed E-state index contributed by atoms with van der Waals surface area (Å²) in [5.74, 6) is 0.0307. The first-order chi connectivity index (χ1) is 17.5. The third kappa shape index (κ3) is 4.14. The summed E-state index contributed by atoms with van der Waals surface area (Å²) in [5, 5.41) is 8.24. The van der Waals surface area contributed by atoms with Crippen molar-refractivity contribution in [3.8, 4) is 0 Å². The number of hydrogen-bond donors (Lipinski definition) is 2. The van der Waals surface area contributed by atoms with E-state index in [1.165, 1.54) is 10.2 Å². The van der Waals surface area contributed by atoms with Crippen LogP contribution in [0.3, 0.4) is 0 Å². The smallest absolute Gasteiger partial charge is 0.269 e. The number of nitrogens with two attached hydrogens (primary N) is 1. The van der Waals surface area contributed by atoms with Crippen LogP contribution in [0.5, 0.6) is 0 Å². The van der Waals surface area contributed by atoms with E-state index >= 15 is 0 Å². The molecule has 5 atom stereocenters. The van der Waals surface area contributed by atoms with E-state index in [1.54, 1.807) is 11.0 Å². The highest BCUT2D eigenvalue weighted by Crippen LogP contribution is 2.48. The minimum Gasteiger partial charge on any atom is -0.364 e. The third-order valence-electron chi connectivity index (χ3n) is 8.16. The van der Waals surface area contributed by atoms with Gasteiger partial charge in [-0.05, 0) is 55.6 Å². The van der Waals surface area contributed by atoms with Gasteiger partial charge in [0.05, 0.1) is 5.52 Å². The molecular formula is C28H31N5O3. The van der Waals surface area contributed by atoms with Gasteiger partial charge in [-0.1, -0.05) is 55.0 Å².